The van der Waals surface area contributed by atoms with Gasteiger partial charge in [0.2, 0.25) is 0 Å². The summed E-state index contributed by atoms with van der Waals surface area (Å²) in [6.45, 7) is 0.594. The Hall–Kier alpha value is -3.61. The molecule has 0 radical (unpaired) electrons. The minimum Gasteiger partial charge on any atom is -0.497 e. The van der Waals surface area contributed by atoms with E-state index in [4.69, 9.17) is 4.74 Å². The first-order valence-electron chi connectivity index (χ1n) is 8.01. The predicted octanol–water partition coefficient (Wildman–Crippen LogP) is 3.20. The number of fused-ring (bicyclic) bond motifs is 3. The van der Waals surface area contributed by atoms with Crippen molar-refractivity contribution >= 4 is 28.3 Å². The standard InChI is InChI=1S/C19H16N4O3/c1-26-14-5-2-12(3-6-14)9-21-18-17-10-20-11-23(17)16-8-13(19(24)25)4-7-15(16)22-18/h2-8,10-11H,9H2,1H3,(H,21,22)(H,24,25). The van der Waals surface area contributed by atoms with Crippen molar-refractivity contribution in [3.8, 4) is 5.75 Å². The predicted molar refractivity (Wildman–Crippen MR) is 97.8 cm³/mol. The van der Waals surface area contributed by atoms with E-state index in [1.54, 1.807) is 37.8 Å². The summed E-state index contributed by atoms with van der Waals surface area (Å²) in [5.41, 5.74) is 3.48. The van der Waals surface area contributed by atoms with E-state index in [0.29, 0.717) is 23.4 Å². The first-order chi connectivity index (χ1) is 12.7. The summed E-state index contributed by atoms with van der Waals surface area (Å²) >= 11 is 0. The fraction of sp³-hybridized carbons (Fsp3) is 0.105. The molecule has 130 valence electrons. The molecule has 2 heterocycles. The van der Waals surface area contributed by atoms with E-state index < -0.39 is 5.97 Å². The number of carboxylic acids is 1. The average Bonchev–Trinajstić information content (AvgIpc) is 3.16. The maximum absolute atomic E-state index is 11.2. The number of imidazole rings is 1. The molecule has 26 heavy (non-hydrogen) atoms. The van der Waals surface area contributed by atoms with Gasteiger partial charge in [0.1, 0.15) is 11.3 Å². The van der Waals surface area contributed by atoms with E-state index in [2.05, 4.69) is 15.3 Å². The molecule has 0 unspecified atom stereocenters. The summed E-state index contributed by atoms with van der Waals surface area (Å²) in [5, 5.41) is 12.5. The van der Waals surface area contributed by atoms with Gasteiger partial charge in [-0.05, 0) is 35.9 Å². The van der Waals surface area contributed by atoms with Crippen LogP contribution < -0.4 is 10.1 Å². The molecular weight excluding hydrogens is 332 g/mol. The molecule has 4 rings (SSSR count). The van der Waals surface area contributed by atoms with Crippen molar-refractivity contribution in [2.75, 3.05) is 12.4 Å². The molecule has 0 aliphatic rings. The van der Waals surface area contributed by atoms with Crippen LogP contribution in [0, 0.1) is 0 Å². The highest BCUT2D eigenvalue weighted by Gasteiger charge is 2.11. The molecule has 2 aromatic heterocycles. The Balaban J connectivity index is 1.71. The number of hydrogen-bond donors (Lipinski definition) is 2. The lowest BCUT2D eigenvalue weighted by Gasteiger charge is -2.11. The van der Waals surface area contributed by atoms with Crippen molar-refractivity contribution in [3.05, 3.63) is 66.1 Å². The molecule has 0 fully saturated rings. The lowest BCUT2D eigenvalue weighted by atomic mass is 10.2. The molecule has 0 bridgehead atoms. The molecule has 0 amide bonds. The molecule has 0 aliphatic heterocycles. The van der Waals surface area contributed by atoms with Crippen LogP contribution in [0.25, 0.3) is 16.6 Å². The largest absolute Gasteiger partial charge is 0.497 e. The third-order valence-electron chi connectivity index (χ3n) is 4.21. The molecule has 2 N–H and O–H groups in total. The van der Waals surface area contributed by atoms with Gasteiger partial charge in [0, 0.05) is 6.54 Å². The Morgan fingerprint density at radius 2 is 2.00 bits per heavy atom. The van der Waals surface area contributed by atoms with Crippen molar-refractivity contribution in [2.24, 2.45) is 0 Å². The van der Waals surface area contributed by atoms with Crippen molar-refractivity contribution in [1.29, 1.82) is 0 Å². The van der Waals surface area contributed by atoms with Crippen LogP contribution in [-0.4, -0.2) is 32.6 Å². The molecule has 2 aromatic carbocycles. The summed E-state index contributed by atoms with van der Waals surface area (Å²) in [7, 11) is 1.64. The van der Waals surface area contributed by atoms with Gasteiger partial charge in [-0.3, -0.25) is 4.40 Å². The van der Waals surface area contributed by atoms with E-state index in [0.717, 1.165) is 16.8 Å². The Morgan fingerprint density at radius 1 is 1.19 bits per heavy atom. The van der Waals surface area contributed by atoms with Crippen LogP contribution in [0.15, 0.2) is 55.0 Å². The number of carboxylic acid groups (broad SMARTS) is 1. The molecule has 0 saturated carbocycles. The fourth-order valence-corrected chi connectivity index (χ4v) is 2.84. The first-order valence-corrected chi connectivity index (χ1v) is 8.01. The lowest BCUT2D eigenvalue weighted by molar-refractivity contribution is 0.0697. The molecule has 0 aliphatic carbocycles. The Labute approximate surface area is 148 Å². The second-order valence-electron chi connectivity index (χ2n) is 5.82. The van der Waals surface area contributed by atoms with E-state index in [-0.39, 0.29) is 5.56 Å². The van der Waals surface area contributed by atoms with Gasteiger partial charge in [-0.1, -0.05) is 12.1 Å². The van der Waals surface area contributed by atoms with Gasteiger partial charge in [-0.25, -0.2) is 14.8 Å². The van der Waals surface area contributed by atoms with Crippen molar-refractivity contribution < 1.29 is 14.6 Å². The van der Waals surface area contributed by atoms with Gasteiger partial charge in [-0.2, -0.15) is 0 Å². The normalized spacial score (nSPS) is 11.0. The van der Waals surface area contributed by atoms with Crippen molar-refractivity contribution in [3.63, 3.8) is 0 Å². The topological polar surface area (TPSA) is 88.8 Å². The highest BCUT2D eigenvalue weighted by atomic mass is 16.5. The van der Waals surface area contributed by atoms with Crippen LogP contribution in [0.5, 0.6) is 5.75 Å². The Kier molecular flexibility index (Phi) is 3.89. The van der Waals surface area contributed by atoms with Crippen molar-refractivity contribution in [2.45, 2.75) is 6.54 Å². The second-order valence-corrected chi connectivity index (χ2v) is 5.82. The van der Waals surface area contributed by atoms with Gasteiger partial charge >= 0.3 is 5.97 Å². The number of anilines is 1. The van der Waals surface area contributed by atoms with Crippen LogP contribution in [0.2, 0.25) is 0 Å². The molecule has 7 nitrogen and oxygen atoms in total. The molecule has 4 aromatic rings. The molecule has 0 spiro atoms. The maximum Gasteiger partial charge on any atom is 0.335 e. The number of hydrogen-bond acceptors (Lipinski definition) is 5. The van der Waals surface area contributed by atoms with Crippen molar-refractivity contribution in [1.82, 2.24) is 14.4 Å². The number of rotatable bonds is 5. The number of nitrogens with zero attached hydrogens (tertiary/aromatic N) is 3. The van der Waals surface area contributed by atoms with Crippen LogP contribution in [-0.2, 0) is 6.54 Å². The first kappa shape index (κ1) is 15.9. The van der Waals surface area contributed by atoms with E-state index in [1.807, 2.05) is 28.7 Å². The summed E-state index contributed by atoms with van der Waals surface area (Å²) in [4.78, 5) is 20.0. The number of nitrogens with one attached hydrogen (secondary N) is 1. The summed E-state index contributed by atoms with van der Waals surface area (Å²) in [5.74, 6) is 0.528. The zero-order chi connectivity index (χ0) is 18.1. The minimum atomic E-state index is -0.970. The van der Waals surface area contributed by atoms with Crippen LogP contribution in [0.4, 0.5) is 5.82 Å². The number of benzene rings is 2. The second kappa shape index (κ2) is 6.36. The third-order valence-corrected chi connectivity index (χ3v) is 4.21. The van der Waals surface area contributed by atoms with Crippen LogP contribution in [0.1, 0.15) is 15.9 Å². The highest BCUT2D eigenvalue weighted by Crippen LogP contribution is 2.23. The van der Waals surface area contributed by atoms with E-state index >= 15 is 0 Å². The zero-order valence-electron chi connectivity index (χ0n) is 14.0. The van der Waals surface area contributed by atoms with Gasteiger partial charge in [-0.15, -0.1) is 0 Å². The number of ether oxygens (including phenoxy) is 1. The SMILES string of the molecule is COc1ccc(CNc2nc3ccc(C(=O)O)cc3n3cncc23)cc1. The molecule has 7 heteroatoms. The summed E-state index contributed by atoms with van der Waals surface area (Å²) < 4.78 is 7.01. The monoisotopic (exact) mass is 348 g/mol. The number of methoxy groups -OCH3 is 1. The fourth-order valence-electron chi connectivity index (χ4n) is 2.84. The van der Waals surface area contributed by atoms with Gasteiger partial charge in [0.05, 0.1) is 36.2 Å². The zero-order valence-corrected chi connectivity index (χ0v) is 14.0. The average molecular weight is 348 g/mol. The number of aromatic carboxylic acids is 1. The number of aromatic nitrogens is 3. The van der Waals surface area contributed by atoms with Gasteiger partial charge in [0.25, 0.3) is 0 Å². The summed E-state index contributed by atoms with van der Waals surface area (Å²) in [6.07, 6.45) is 3.36. The van der Waals surface area contributed by atoms with Crippen LogP contribution in [0.3, 0.4) is 0 Å². The van der Waals surface area contributed by atoms with E-state index in [1.165, 1.54) is 0 Å². The van der Waals surface area contributed by atoms with Gasteiger partial charge < -0.3 is 15.2 Å². The van der Waals surface area contributed by atoms with Gasteiger partial charge in [0.15, 0.2) is 5.82 Å². The van der Waals surface area contributed by atoms with Crippen LogP contribution >= 0.6 is 0 Å². The maximum atomic E-state index is 11.2. The quantitative estimate of drug-likeness (QED) is 0.576. The van der Waals surface area contributed by atoms with E-state index in [9.17, 15) is 9.90 Å². The summed E-state index contributed by atoms with van der Waals surface area (Å²) in [6, 6.07) is 12.6. The lowest BCUT2D eigenvalue weighted by Crippen LogP contribution is -2.05. The highest BCUT2D eigenvalue weighted by molar-refractivity contribution is 5.93. The Bertz CT molecular complexity index is 1100. The Morgan fingerprint density at radius 3 is 2.73 bits per heavy atom. The molecule has 0 saturated heterocycles. The minimum absolute atomic E-state index is 0.216. The number of carbonyl (C=O) groups is 1. The molecule has 0 atom stereocenters. The smallest absolute Gasteiger partial charge is 0.335 e. The third kappa shape index (κ3) is 2.79. The molecular formula is C19H16N4O3.